The number of aryl methyl sites for hydroxylation is 1. The maximum absolute atomic E-state index is 6.11. The highest BCUT2D eigenvalue weighted by molar-refractivity contribution is 5.33. The Hall–Kier alpha value is -1.80. The van der Waals surface area contributed by atoms with Crippen LogP contribution in [0.1, 0.15) is 57.1 Å². The maximum atomic E-state index is 6.11. The Labute approximate surface area is 153 Å². The lowest BCUT2D eigenvalue weighted by molar-refractivity contribution is 0.0327. The number of benzene rings is 2. The van der Waals surface area contributed by atoms with Gasteiger partial charge in [0.1, 0.15) is 5.75 Å². The average molecular weight is 341 g/mol. The molecule has 2 aromatic rings. The minimum Gasteiger partial charge on any atom is -0.493 e. The molecule has 0 spiro atoms. The van der Waals surface area contributed by atoms with Crippen LogP contribution < -0.4 is 4.74 Å². The minimum absolute atomic E-state index is 0.286. The number of para-hydroxylation sites is 1. The zero-order chi connectivity index (χ0) is 17.7. The van der Waals surface area contributed by atoms with Crippen LogP contribution in [0.4, 0.5) is 0 Å². The van der Waals surface area contributed by atoms with Crippen molar-refractivity contribution in [1.29, 1.82) is 0 Å². The largest absolute Gasteiger partial charge is 0.493 e. The normalized spacial score (nSPS) is 12.1. The van der Waals surface area contributed by atoms with E-state index in [0.29, 0.717) is 6.61 Å². The Bertz CT molecular complexity index is 580. The van der Waals surface area contributed by atoms with Crippen LogP contribution in [-0.4, -0.2) is 12.7 Å². The van der Waals surface area contributed by atoms with Gasteiger partial charge in [0.05, 0.1) is 19.3 Å². The van der Waals surface area contributed by atoms with Crippen molar-refractivity contribution in [1.82, 2.24) is 0 Å². The number of rotatable bonds is 12. The van der Waals surface area contributed by atoms with Gasteiger partial charge in [-0.1, -0.05) is 75.2 Å². The Morgan fingerprint density at radius 1 is 0.880 bits per heavy atom. The molecular weight excluding hydrogens is 308 g/mol. The fourth-order valence-corrected chi connectivity index (χ4v) is 2.90. The fourth-order valence-electron chi connectivity index (χ4n) is 2.90. The molecule has 0 saturated carbocycles. The van der Waals surface area contributed by atoms with Gasteiger partial charge in [-0.05, 0) is 42.9 Å². The molecule has 136 valence electrons. The van der Waals surface area contributed by atoms with Crippen molar-refractivity contribution in [2.24, 2.45) is 0 Å². The van der Waals surface area contributed by atoms with E-state index in [4.69, 9.17) is 9.47 Å². The summed E-state index contributed by atoms with van der Waals surface area (Å²) < 4.78 is 12.1. The Morgan fingerprint density at radius 3 is 2.40 bits per heavy atom. The average Bonchev–Trinajstić information content (AvgIpc) is 2.67. The van der Waals surface area contributed by atoms with Crippen LogP contribution in [-0.2, 0) is 17.8 Å². The summed E-state index contributed by atoms with van der Waals surface area (Å²) in [4.78, 5) is 0. The van der Waals surface area contributed by atoms with Crippen LogP contribution in [0.25, 0.3) is 0 Å². The number of hydrogen-bond acceptors (Lipinski definition) is 2. The van der Waals surface area contributed by atoms with E-state index in [2.05, 4.69) is 62.4 Å². The van der Waals surface area contributed by atoms with Crippen LogP contribution in [0.3, 0.4) is 0 Å². The second-order valence-electron chi connectivity index (χ2n) is 6.53. The Kier molecular flexibility index (Phi) is 9.14. The van der Waals surface area contributed by atoms with E-state index in [1.165, 1.54) is 24.0 Å². The molecule has 1 atom stereocenters. The summed E-state index contributed by atoms with van der Waals surface area (Å²) in [6.07, 6.45) is 6.92. The van der Waals surface area contributed by atoms with Crippen LogP contribution in [0.15, 0.2) is 54.6 Å². The first-order chi connectivity index (χ1) is 12.3. The van der Waals surface area contributed by atoms with Gasteiger partial charge in [-0.25, -0.2) is 0 Å². The molecule has 2 rings (SSSR count). The van der Waals surface area contributed by atoms with E-state index >= 15 is 0 Å². The van der Waals surface area contributed by atoms with E-state index in [1.54, 1.807) is 0 Å². The zero-order valence-electron chi connectivity index (χ0n) is 15.7. The third kappa shape index (κ3) is 7.31. The van der Waals surface area contributed by atoms with Gasteiger partial charge in [0.2, 0.25) is 0 Å². The molecular formula is C23H32O2. The van der Waals surface area contributed by atoms with Crippen molar-refractivity contribution in [3.63, 3.8) is 0 Å². The summed E-state index contributed by atoms with van der Waals surface area (Å²) in [5.41, 5.74) is 2.53. The standard InChI is InChI=1S/C23H32O2/c1-3-5-11-18-24-23-15-10-9-14-21(23)16-17-22(4-2)25-19-20-12-7-6-8-13-20/h6-10,12-15,22H,3-5,11,16-19H2,1-2H3. The molecule has 2 nitrogen and oxygen atoms in total. The lowest BCUT2D eigenvalue weighted by Gasteiger charge is -2.17. The minimum atomic E-state index is 0.286. The molecule has 0 aliphatic heterocycles. The molecule has 0 N–H and O–H groups in total. The summed E-state index contributed by atoms with van der Waals surface area (Å²) >= 11 is 0. The van der Waals surface area contributed by atoms with Gasteiger partial charge >= 0.3 is 0 Å². The molecule has 0 bridgehead atoms. The van der Waals surface area contributed by atoms with Crippen molar-refractivity contribution in [2.75, 3.05) is 6.61 Å². The molecule has 0 amide bonds. The SMILES string of the molecule is CCCCCOc1ccccc1CCC(CC)OCc1ccccc1. The van der Waals surface area contributed by atoms with E-state index in [1.807, 2.05) is 6.07 Å². The van der Waals surface area contributed by atoms with E-state index < -0.39 is 0 Å². The first-order valence-corrected chi connectivity index (χ1v) is 9.69. The third-order valence-corrected chi connectivity index (χ3v) is 4.50. The molecule has 0 fully saturated rings. The molecule has 0 saturated heterocycles. The van der Waals surface area contributed by atoms with Gasteiger partial charge in [0.25, 0.3) is 0 Å². The zero-order valence-corrected chi connectivity index (χ0v) is 15.7. The highest BCUT2D eigenvalue weighted by Gasteiger charge is 2.10. The van der Waals surface area contributed by atoms with Crippen molar-refractivity contribution < 1.29 is 9.47 Å². The van der Waals surface area contributed by atoms with Crippen molar-refractivity contribution >= 4 is 0 Å². The number of ether oxygens (including phenoxy) is 2. The summed E-state index contributed by atoms with van der Waals surface area (Å²) in [5, 5.41) is 0. The molecule has 0 aliphatic carbocycles. The summed E-state index contributed by atoms with van der Waals surface area (Å²) in [6, 6.07) is 18.8. The van der Waals surface area contributed by atoms with Gasteiger partial charge in [0.15, 0.2) is 0 Å². The Balaban J connectivity index is 1.81. The first kappa shape index (κ1) is 19.5. The number of hydrogen-bond donors (Lipinski definition) is 0. The van der Waals surface area contributed by atoms with Crippen LogP contribution in [0, 0.1) is 0 Å². The van der Waals surface area contributed by atoms with E-state index in [-0.39, 0.29) is 6.10 Å². The molecule has 2 heteroatoms. The van der Waals surface area contributed by atoms with Crippen molar-refractivity contribution in [2.45, 2.75) is 65.1 Å². The summed E-state index contributed by atoms with van der Waals surface area (Å²) in [7, 11) is 0. The molecule has 0 aromatic heterocycles. The van der Waals surface area contributed by atoms with Gasteiger partial charge in [-0.2, -0.15) is 0 Å². The molecule has 0 radical (unpaired) electrons. The third-order valence-electron chi connectivity index (χ3n) is 4.50. The summed E-state index contributed by atoms with van der Waals surface area (Å²) in [6.45, 7) is 5.91. The molecule has 2 aromatic carbocycles. The molecule has 1 unspecified atom stereocenters. The quantitative estimate of drug-likeness (QED) is 0.429. The van der Waals surface area contributed by atoms with Crippen molar-refractivity contribution in [3.05, 3.63) is 65.7 Å². The van der Waals surface area contributed by atoms with Gasteiger partial charge in [-0.15, -0.1) is 0 Å². The lowest BCUT2D eigenvalue weighted by Crippen LogP contribution is -2.13. The molecule has 0 aliphatic rings. The molecule has 25 heavy (non-hydrogen) atoms. The van der Waals surface area contributed by atoms with Crippen molar-refractivity contribution in [3.8, 4) is 5.75 Å². The smallest absolute Gasteiger partial charge is 0.122 e. The van der Waals surface area contributed by atoms with Gasteiger partial charge in [0, 0.05) is 0 Å². The highest BCUT2D eigenvalue weighted by atomic mass is 16.5. The Morgan fingerprint density at radius 2 is 1.64 bits per heavy atom. The predicted octanol–water partition coefficient (Wildman–Crippen LogP) is 6.18. The summed E-state index contributed by atoms with van der Waals surface area (Å²) in [5.74, 6) is 1.04. The fraction of sp³-hybridized carbons (Fsp3) is 0.478. The van der Waals surface area contributed by atoms with Gasteiger partial charge < -0.3 is 9.47 Å². The number of unbranched alkanes of at least 4 members (excludes halogenated alkanes) is 2. The van der Waals surface area contributed by atoms with E-state index in [0.717, 1.165) is 38.0 Å². The second kappa shape index (κ2) is 11.7. The monoisotopic (exact) mass is 340 g/mol. The van der Waals surface area contributed by atoms with E-state index in [9.17, 15) is 0 Å². The van der Waals surface area contributed by atoms with Gasteiger partial charge in [-0.3, -0.25) is 0 Å². The first-order valence-electron chi connectivity index (χ1n) is 9.69. The second-order valence-corrected chi connectivity index (χ2v) is 6.53. The highest BCUT2D eigenvalue weighted by Crippen LogP contribution is 2.22. The lowest BCUT2D eigenvalue weighted by atomic mass is 10.0. The van der Waals surface area contributed by atoms with Crippen LogP contribution in [0.2, 0.25) is 0 Å². The predicted molar refractivity (Wildman–Crippen MR) is 105 cm³/mol. The maximum Gasteiger partial charge on any atom is 0.122 e. The van der Waals surface area contributed by atoms with Crippen LogP contribution >= 0.6 is 0 Å². The van der Waals surface area contributed by atoms with Crippen LogP contribution in [0.5, 0.6) is 5.75 Å². The topological polar surface area (TPSA) is 18.5 Å². The molecule has 0 heterocycles.